The number of nitro groups is 1. The van der Waals surface area contributed by atoms with E-state index in [2.05, 4.69) is 10.5 Å². The Kier molecular flexibility index (Phi) is 4.17. The molecule has 0 heterocycles. The minimum atomic E-state index is -0.649. The van der Waals surface area contributed by atoms with E-state index in [0.717, 1.165) is 6.07 Å². The zero-order chi connectivity index (χ0) is 13.7. The van der Waals surface area contributed by atoms with Gasteiger partial charge in [0.05, 0.1) is 4.92 Å². The third-order valence-electron chi connectivity index (χ3n) is 1.81. The summed E-state index contributed by atoms with van der Waals surface area (Å²) in [4.78, 5) is 10.1. The summed E-state index contributed by atoms with van der Waals surface area (Å²) >= 11 is 5.63. The van der Waals surface area contributed by atoms with Crippen molar-refractivity contribution in [2.75, 3.05) is 5.43 Å². The Morgan fingerprint density at radius 1 is 1.67 bits per heavy atom. The van der Waals surface area contributed by atoms with E-state index in [-0.39, 0.29) is 22.1 Å². The lowest BCUT2D eigenvalue weighted by Crippen LogP contribution is -2.21. The van der Waals surface area contributed by atoms with Crippen molar-refractivity contribution in [1.82, 2.24) is 0 Å². The number of rotatable bonds is 4. The van der Waals surface area contributed by atoms with Gasteiger partial charge in [0.1, 0.15) is 11.8 Å². The number of nitrogens with one attached hydrogen (secondary N) is 2. The van der Waals surface area contributed by atoms with Crippen molar-refractivity contribution >= 4 is 34.5 Å². The largest absolute Gasteiger partial charge is 0.382 e. The first kappa shape index (κ1) is 13.4. The van der Waals surface area contributed by atoms with Crippen molar-refractivity contribution in [1.29, 1.82) is 10.7 Å². The molecule has 0 aliphatic carbocycles. The molecule has 0 radical (unpaired) electrons. The van der Waals surface area contributed by atoms with Crippen molar-refractivity contribution in [3.05, 3.63) is 33.3 Å². The zero-order valence-electron chi connectivity index (χ0n) is 8.85. The SMILES string of the molecule is N#C/C(=N\Nc1ccc(Cl)cc1[N+](=O)[O-])C(=N)N. The molecule has 0 spiro atoms. The molecule has 92 valence electrons. The summed E-state index contributed by atoms with van der Waals surface area (Å²) in [7, 11) is 0. The van der Waals surface area contributed by atoms with E-state index in [0.29, 0.717) is 0 Å². The molecule has 0 aromatic heterocycles. The number of nitriles is 1. The van der Waals surface area contributed by atoms with E-state index in [1.54, 1.807) is 6.07 Å². The van der Waals surface area contributed by atoms with Gasteiger partial charge >= 0.3 is 0 Å². The van der Waals surface area contributed by atoms with E-state index >= 15 is 0 Å². The van der Waals surface area contributed by atoms with Crippen LogP contribution in [0.3, 0.4) is 0 Å². The van der Waals surface area contributed by atoms with Gasteiger partial charge in [-0.3, -0.25) is 20.9 Å². The molecule has 18 heavy (non-hydrogen) atoms. The van der Waals surface area contributed by atoms with Crippen LogP contribution in [0.2, 0.25) is 5.02 Å². The van der Waals surface area contributed by atoms with Crippen molar-refractivity contribution < 1.29 is 4.92 Å². The maximum Gasteiger partial charge on any atom is 0.295 e. The standard InChI is InChI=1S/C9H7ClN6O2/c10-5-1-2-6(8(3-5)16(17)18)14-15-7(4-11)9(12)13/h1-3,14H,(H3,12,13)/b15-7+. The first-order valence-corrected chi connectivity index (χ1v) is 4.85. The van der Waals surface area contributed by atoms with Gasteiger partial charge < -0.3 is 5.73 Å². The summed E-state index contributed by atoms with van der Waals surface area (Å²) < 4.78 is 0. The molecule has 0 bridgehead atoms. The molecule has 0 saturated heterocycles. The Bertz CT molecular complexity index is 577. The minimum Gasteiger partial charge on any atom is -0.382 e. The number of nitro benzene ring substituents is 1. The zero-order valence-corrected chi connectivity index (χ0v) is 9.60. The van der Waals surface area contributed by atoms with Gasteiger partial charge in [0.2, 0.25) is 5.71 Å². The molecule has 9 heteroatoms. The first-order valence-electron chi connectivity index (χ1n) is 4.48. The van der Waals surface area contributed by atoms with Crippen molar-refractivity contribution in [3.8, 4) is 6.07 Å². The van der Waals surface area contributed by atoms with E-state index in [9.17, 15) is 10.1 Å². The third kappa shape index (κ3) is 3.16. The minimum absolute atomic E-state index is 0.0402. The summed E-state index contributed by atoms with van der Waals surface area (Å²) in [6.45, 7) is 0. The molecule has 0 aliphatic rings. The smallest absolute Gasteiger partial charge is 0.295 e. The summed E-state index contributed by atoms with van der Waals surface area (Å²) in [6.07, 6.45) is 0. The topological polar surface area (TPSA) is 141 Å². The Morgan fingerprint density at radius 2 is 2.33 bits per heavy atom. The van der Waals surface area contributed by atoms with E-state index in [1.807, 2.05) is 0 Å². The van der Waals surface area contributed by atoms with Crippen LogP contribution in [0.15, 0.2) is 23.3 Å². The quantitative estimate of drug-likeness (QED) is 0.327. The second-order valence-corrected chi connectivity index (χ2v) is 3.45. The molecule has 0 aliphatic heterocycles. The highest BCUT2D eigenvalue weighted by molar-refractivity contribution is 6.45. The van der Waals surface area contributed by atoms with Crippen molar-refractivity contribution in [2.45, 2.75) is 0 Å². The molecule has 8 nitrogen and oxygen atoms in total. The van der Waals surface area contributed by atoms with Gasteiger partial charge in [0.25, 0.3) is 5.69 Å². The number of hydrogen-bond acceptors (Lipinski definition) is 6. The summed E-state index contributed by atoms with van der Waals surface area (Å²) in [5.74, 6) is -0.540. The Labute approximate surface area is 106 Å². The maximum absolute atomic E-state index is 10.7. The lowest BCUT2D eigenvalue weighted by molar-refractivity contribution is -0.383. The van der Waals surface area contributed by atoms with Gasteiger partial charge in [0.15, 0.2) is 5.84 Å². The van der Waals surface area contributed by atoms with Crippen LogP contribution in [0.25, 0.3) is 0 Å². The van der Waals surface area contributed by atoms with Crippen LogP contribution >= 0.6 is 11.6 Å². The molecular formula is C9H7ClN6O2. The first-order chi connectivity index (χ1) is 8.45. The second-order valence-electron chi connectivity index (χ2n) is 3.02. The average Bonchev–Trinajstić information content (AvgIpc) is 2.30. The molecule has 1 aromatic carbocycles. The highest BCUT2D eigenvalue weighted by Crippen LogP contribution is 2.27. The van der Waals surface area contributed by atoms with E-state index in [1.165, 1.54) is 12.1 Å². The second kappa shape index (κ2) is 5.60. The number of amidine groups is 1. The van der Waals surface area contributed by atoms with Crippen molar-refractivity contribution in [3.63, 3.8) is 0 Å². The molecular weight excluding hydrogens is 260 g/mol. The average molecular weight is 267 g/mol. The predicted octanol–water partition coefficient (Wildman–Crippen LogP) is 1.48. The predicted molar refractivity (Wildman–Crippen MR) is 66.7 cm³/mol. The fourth-order valence-electron chi connectivity index (χ4n) is 1.01. The van der Waals surface area contributed by atoms with Gasteiger partial charge in [-0.05, 0) is 12.1 Å². The molecule has 0 saturated carbocycles. The van der Waals surface area contributed by atoms with Gasteiger partial charge in [-0.1, -0.05) is 11.6 Å². The van der Waals surface area contributed by atoms with Crippen LogP contribution in [-0.2, 0) is 0 Å². The highest BCUT2D eigenvalue weighted by atomic mass is 35.5. The Hall–Kier alpha value is -2.66. The van der Waals surface area contributed by atoms with Gasteiger partial charge in [-0.2, -0.15) is 10.4 Å². The van der Waals surface area contributed by atoms with Crippen LogP contribution in [-0.4, -0.2) is 16.5 Å². The van der Waals surface area contributed by atoms with Gasteiger partial charge in [0, 0.05) is 11.1 Å². The number of anilines is 1. The summed E-state index contributed by atoms with van der Waals surface area (Å²) in [6, 6.07) is 5.47. The van der Waals surface area contributed by atoms with Gasteiger partial charge in [-0.25, -0.2) is 0 Å². The van der Waals surface area contributed by atoms with Gasteiger partial charge in [-0.15, -0.1) is 0 Å². The van der Waals surface area contributed by atoms with Crippen LogP contribution in [0.5, 0.6) is 0 Å². The molecule has 0 atom stereocenters. The maximum atomic E-state index is 10.7. The molecule has 0 unspecified atom stereocenters. The van der Waals surface area contributed by atoms with Crippen LogP contribution in [0.4, 0.5) is 11.4 Å². The van der Waals surface area contributed by atoms with Crippen LogP contribution in [0.1, 0.15) is 0 Å². The fraction of sp³-hybridized carbons (Fsp3) is 0. The number of nitrogens with two attached hydrogens (primary N) is 1. The van der Waals surface area contributed by atoms with Crippen LogP contribution < -0.4 is 11.2 Å². The molecule has 4 N–H and O–H groups in total. The number of nitrogens with zero attached hydrogens (tertiary/aromatic N) is 3. The van der Waals surface area contributed by atoms with E-state index < -0.39 is 10.8 Å². The molecule has 1 aromatic rings. The molecule has 1 rings (SSSR count). The van der Waals surface area contributed by atoms with Crippen molar-refractivity contribution in [2.24, 2.45) is 10.8 Å². The lowest BCUT2D eigenvalue weighted by Gasteiger charge is -2.02. The number of hydrogen-bond donors (Lipinski definition) is 3. The summed E-state index contributed by atoms with van der Waals surface area (Å²) in [5.41, 5.74) is 6.73. The third-order valence-corrected chi connectivity index (χ3v) is 2.04. The number of hydrazone groups is 1. The highest BCUT2D eigenvalue weighted by Gasteiger charge is 2.14. The van der Waals surface area contributed by atoms with Crippen LogP contribution in [0, 0.1) is 26.9 Å². The normalized spacial score (nSPS) is 10.6. The number of benzene rings is 1. The Morgan fingerprint density at radius 3 is 2.83 bits per heavy atom. The summed E-state index contributed by atoms with van der Waals surface area (Å²) in [5, 5.41) is 30.1. The molecule has 0 fully saturated rings. The molecule has 0 amide bonds. The Balaban J connectivity index is 3.09. The fourth-order valence-corrected chi connectivity index (χ4v) is 1.18. The van der Waals surface area contributed by atoms with E-state index in [4.69, 9.17) is 28.0 Å². The number of halogens is 1. The lowest BCUT2D eigenvalue weighted by atomic mass is 10.3. The monoisotopic (exact) mass is 266 g/mol.